The maximum atomic E-state index is 12.1. The van der Waals surface area contributed by atoms with Gasteiger partial charge in [-0.3, -0.25) is 14.8 Å². The molecule has 2 unspecified atom stereocenters. The van der Waals surface area contributed by atoms with Crippen LogP contribution in [0.2, 0.25) is 0 Å². The number of hydrogen-bond acceptors (Lipinski definition) is 4. The maximum absolute atomic E-state index is 12.1. The van der Waals surface area contributed by atoms with Crippen LogP contribution in [-0.2, 0) is 9.53 Å². The smallest absolute Gasteiger partial charge is 0.325 e. The third kappa shape index (κ3) is 3.35. The van der Waals surface area contributed by atoms with Crippen LogP contribution in [0, 0.1) is 6.92 Å². The van der Waals surface area contributed by atoms with Crippen LogP contribution in [0.5, 0.6) is 0 Å². The van der Waals surface area contributed by atoms with Crippen molar-refractivity contribution in [2.75, 3.05) is 7.11 Å². The van der Waals surface area contributed by atoms with E-state index in [1.165, 1.54) is 7.11 Å². The number of nitrogens with one attached hydrogen (secondary N) is 1. The fraction of sp³-hybridized carbons (Fsp3) is 0.714. The zero-order chi connectivity index (χ0) is 14.0. The van der Waals surface area contributed by atoms with Crippen molar-refractivity contribution in [3.05, 3.63) is 18.0 Å². The first kappa shape index (κ1) is 14.1. The van der Waals surface area contributed by atoms with E-state index in [1.54, 1.807) is 0 Å². The van der Waals surface area contributed by atoms with Crippen molar-refractivity contribution in [2.24, 2.45) is 0 Å². The average Bonchev–Trinajstić information content (AvgIpc) is 3.06. The number of nitrogens with zero attached hydrogens (tertiary/aromatic N) is 2. The fourth-order valence-corrected chi connectivity index (χ4v) is 2.46. The van der Waals surface area contributed by atoms with Gasteiger partial charge in [-0.15, -0.1) is 0 Å². The molecule has 1 fully saturated rings. The molecular formula is C14H23N3O2. The lowest BCUT2D eigenvalue weighted by Crippen LogP contribution is -2.52. The molecule has 0 amide bonds. The predicted octanol–water partition coefficient (Wildman–Crippen LogP) is 1.83. The molecule has 1 N–H and O–H groups in total. The second kappa shape index (κ2) is 5.33. The lowest BCUT2D eigenvalue weighted by molar-refractivity contribution is -0.148. The van der Waals surface area contributed by atoms with Crippen molar-refractivity contribution in [3.8, 4) is 0 Å². The number of aromatic nitrogens is 2. The Labute approximate surface area is 114 Å². The quantitative estimate of drug-likeness (QED) is 0.797. The molecule has 1 aromatic heterocycles. The number of aryl methyl sites for hydroxylation is 1. The van der Waals surface area contributed by atoms with Gasteiger partial charge in [0.25, 0.3) is 0 Å². The zero-order valence-electron chi connectivity index (χ0n) is 12.1. The van der Waals surface area contributed by atoms with Crippen molar-refractivity contribution >= 4 is 5.97 Å². The summed E-state index contributed by atoms with van der Waals surface area (Å²) in [5, 5.41) is 7.73. The number of methoxy groups -OCH3 is 1. The Morgan fingerprint density at radius 3 is 2.84 bits per heavy atom. The predicted molar refractivity (Wildman–Crippen MR) is 72.9 cm³/mol. The summed E-state index contributed by atoms with van der Waals surface area (Å²) in [7, 11) is 1.44. The van der Waals surface area contributed by atoms with E-state index in [1.807, 2.05) is 30.9 Å². The first-order valence-corrected chi connectivity index (χ1v) is 6.81. The van der Waals surface area contributed by atoms with Gasteiger partial charge in [0.05, 0.1) is 19.3 Å². The molecule has 0 saturated heterocycles. The highest BCUT2D eigenvalue weighted by molar-refractivity contribution is 5.80. The summed E-state index contributed by atoms with van der Waals surface area (Å²) < 4.78 is 6.86. The van der Waals surface area contributed by atoms with Crippen LogP contribution in [0.4, 0.5) is 0 Å². The highest BCUT2D eigenvalue weighted by atomic mass is 16.5. The lowest BCUT2D eigenvalue weighted by Gasteiger charge is -2.31. The minimum Gasteiger partial charge on any atom is -0.468 e. The average molecular weight is 265 g/mol. The van der Waals surface area contributed by atoms with Gasteiger partial charge in [-0.25, -0.2) is 0 Å². The third-order valence-electron chi connectivity index (χ3n) is 3.62. The standard InChI is InChI=1S/C14H23N3O2/c1-10-8-15-17(9-10)11(2)7-14(3,13(18)19-4)16-12-5-6-12/h8-9,11-12,16H,5-7H2,1-4H3. The molecule has 0 aliphatic heterocycles. The normalized spacial score (nSPS) is 19.8. The number of carbonyl (C=O) groups excluding carboxylic acids is 1. The molecule has 5 nitrogen and oxygen atoms in total. The van der Waals surface area contributed by atoms with E-state index in [0.29, 0.717) is 12.5 Å². The lowest BCUT2D eigenvalue weighted by atomic mass is 9.93. The van der Waals surface area contributed by atoms with Gasteiger partial charge in [0.15, 0.2) is 0 Å². The summed E-state index contributed by atoms with van der Waals surface area (Å²) in [5.41, 5.74) is 0.483. The molecule has 1 aliphatic carbocycles. The van der Waals surface area contributed by atoms with Crippen LogP contribution in [0.25, 0.3) is 0 Å². The Morgan fingerprint density at radius 2 is 2.37 bits per heavy atom. The van der Waals surface area contributed by atoms with E-state index in [-0.39, 0.29) is 12.0 Å². The Morgan fingerprint density at radius 1 is 1.68 bits per heavy atom. The van der Waals surface area contributed by atoms with E-state index in [2.05, 4.69) is 17.3 Å². The van der Waals surface area contributed by atoms with Crippen molar-refractivity contribution in [1.82, 2.24) is 15.1 Å². The SMILES string of the molecule is COC(=O)C(C)(CC(C)n1cc(C)cn1)NC1CC1. The van der Waals surface area contributed by atoms with Crippen LogP contribution in [0.15, 0.2) is 12.4 Å². The zero-order valence-corrected chi connectivity index (χ0v) is 12.1. The van der Waals surface area contributed by atoms with Gasteiger partial charge in [0, 0.05) is 12.2 Å². The summed E-state index contributed by atoms with van der Waals surface area (Å²) in [5.74, 6) is -0.199. The molecule has 1 aliphatic rings. The molecule has 2 rings (SSSR count). The van der Waals surface area contributed by atoms with E-state index in [4.69, 9.17) is 4.74 Å². The molecule has 0 bridgehead atoms. The van der Waals surface area contributed by atoms with E-state index in [0.717, 1.165) is 18.4 Å². The van der Waals surface area contributed by atoms with Gasteiger partial charge in [0.2, 0.25) is 0 Å². The summed E-state index contributed by atoms with van der Waals surface area (Å²) in [6.07, 6.45) is 6.78. The molecule has 0 aromatic carbocycles. The minimum absolute atomic E-state index is 0.143. The topological polar surface area (TPSA) is 56.2 Å². The second-order valence-corrected chi connectivity index (χ2v) is 5.79. The molecule has 106 valence electrons. The van der Waals surface area contributed by atoms with Gasteiger partial charge in [-0.2, -0.15) is 5.10 Å². The van der Waals surface area contributed by atoms with Crippen molar-refractivity contribution in [3.63, 3.8) is 0 Å². The molecule has 1 aromatic rings. The molecule has 0 radical (unpaired) electrons. The van der Waals surface area contributed by atoms with Crippen molar-refractivity contribution in [2.45, 2.75) is 57.7 Å². The Balaban J connectivity index is 2.08. The monoisotopic (exact) mass is 265 g/mol. The maximum Gasteiger partial charge on any atom is 0.325 e. The minimum atomic E-state index is -0.644. The fourth-order valence-electron chi connectivity index (χ4n) is 2.46. The number of rotatable bonds is 6. The van der Waals surface area contributed by atoms with Crippen molar-refractivity contribution < 1.29 is 9.53 Å². The van der Waals surface area contributed by atoms with Gasteiger partial charge in [0.1, 0.15) is 5.54 Å². The molecule has 5 heteroatoms. The van der Waals surface area contributed by atoms with Gasteiger partial charge < -0.3 is 4.74 Å². The van der Waals surface area contributed by atoms with E-state index >= 15 is 0 Å². The summed E-state index contributed by atoms with van der Waals surface area (Å²) in [6.45, 7) is 6.00. The first-order chi connectivity index (χ1) is 8.94. The van der Waals surface area contributed by atoms with Gasteiger partial charge >= 0.3 is 5.97 Å². The Kier molecular flexibility index (Phi) is 3.94. The Bertz CT molecular complexity index is 453. The number of ether oxygens (including phenoxy) is 1. The molecule has 1 saturated carbocycles. The molecule has 2 atom stereocenters. The molecular weight excluding hydrogens is 242 g/mol. The van der Waals surface area contributed by atoms with Crippen LogP contribution in [-0.4, -0.2) is 34.4 Å². The van der Waals surface area contributed by atoms with Crippen LogP contribution < -0.4 is 5.32 Å². The highest BCUT2D eigenvalue weighted by Gasteiger charge is 2.40. The van der Waals surface area contributed by atoms with E-state index in [9.17, 15) is 4.79 Å². The van der Waals surface area contributed by atoms with Gasteiger partial charge in [-0.1, -0.05) is 0 Å². The van der Waals surface area contributed by atoms with Crippen LogP contribution in [0.1, 0.15) is 44.7 Å². The third-order valence-corrected chi connectivity index (χ3v) is 3.62. The van der Waals surface area contributed by atoms with Gasteiger partial charge in [-0.05, 0) is 45.6 Å². The number of hydrogen-bond donors (Lipinski definition) is 1. The molecule has 1 heterocycles. The van der Waals surface area contributed by atoms with Crippen LogP contribution in [0.3, 0.4) is 0 Å². The van der Waals surface area contributed by atoms with Crippen molar-refractivity contribution in [1.29, 1.82) is 0 Å². The molecule has 0 spiro atoms. The molecule has 19 heavy (non-hydrogen) atoms. The summed E-state index contributed by atoms with van der Waals surface area (Å²) in [6, 6.07) is 0.597. The van der Waals surface area contributed by atoms with Crippen LogP contribution >= 0.6 is 0 Å². The summed E-state index contributed by atoms with van der Waals surface area (Å²) >= 11 is 0. The first-order valence-electron chi connectivity index (χ1n) is 6.81. The highest BCUT2D eigenvalue weighted by Crippen LogP contribution is 2.28. The Hall–Kier alpha value is -1.36. The second-order valence-electron chi connectivity index (χ2n) is 5.79. The number of carbonyl (C=O) groups is 1. The number of esters is 1. The summed E-state index contributed by atoms with van der Waals surface area (Å²) in [4.78, 5) is 12.1. The largest absolute Gasteiger partial charge is 0.468 e. The van der Waals surface area contributed by atoms with E-state index < -0.39 is 5.54 Å².